The van der Waals surface area contributed by atoms with E-state index >= 15 is 0 Å². The van der Waals surface area contributed by atoms with Crippen LogP contribution in [0.2, 0.25) is 0 Å². The van der Waals surface area contributed by atoms with E-state index in [2.05, 4.69) is 10.3 Å². The van der Waals surface area contributed by atoms with Gasteiger partial charge in [0, 0.05) is 17.1 Å². The molecule has 6 nitrogen and oxygen atoms in total. The van der Waals surface area contributed by atoms with Gasteiger partial charge in [0.1, 0.15) is 11.0 Å². The molecule has 0 aliphatic heterocycles. The highest BCUT2D eigenvalue weighted by atomic mass is 32.1. The van der Waals surface area contributed by atoms with Crippen LogP contribution >= 0.6 is 11.3 Å². The van der Waals surface area contributed by atoms with Crippen molar-refractivity contribution in [3.63, 3.8) is 0 Å². The molecule has 1 saturated carbocycles. The van der Waals surface area contributed by atoms with Crippen molar-refractivity contribution >= 4 is 23.2 Å². The fourth-order valence-electron chi connectivity index (χ4n) is 2.62. The molecule has 1 aliphatic rings. The van der Waals surface area contributed by atoms with Crippen LogP contribution < -0.4 is 10.1 Å². The minimum absolute atomic E-state index is 0.236. The number of rotatable bonds is 6. The van der Waals surface area contributed by atoms with Crippen LogP contribution in [0.15, 0.2) is 30.5 Å². The first-order valence-electron chi connectivity index (χ1n) is 7.85. The lowest BCUT2D eigenvalue weighted by Gasteiger charge is -2.12. The summed E-state index contributed by atoms with van der Waals surface area (Å²) >= 11 is 1.15. The van der Waals surface area contributed by atoms with Gasteiger partial charge >= 0.3 is 5.97 Å². The van der Waals surface area contributed by atoms with E-state index in [9.17, 15) is 9.59 Å². The molecule has 126 valence electrons. The number of nitrogens with zero attached hydrogens (tertiary/aromatic N) is 1. The van der Waals surface area contributed by atoms with Gasteiger partial charge in [-0.2, -0.15) is 0 Å². The van der Waals surface area contributed by atoms with E-state index in [1.54, 1.807) is 18.2 Å². The van der Waals surface area contributed by atoms with Crippen molar-refractivity contribution in [3.8, 4) is 5.88 Å². The van der Waals surface area contributed by atoms with Crippen molar-refractivity contribution in [3.05, 3.63) is 45.8 Å². The summed E-state index contributed by atoms with van der Waals surface area (Å²) in [5.41, 5.74) is 0.448. The van der Waals surface area contributed by atoms with E-state index < -0.39 is 5.97 Å². The molecule has 2 N–H and O–H groups in total. The van der Waals surface area contributed by atoms with Crippen LogP contribution in [0.3, 0.4) is 0 Å². The number of amides is 1. The van der Waals surface area contributed by atoms with Crippen molar-refractivity contribution in [2.24, 2.45) is 0 Å². The van der Waals surface area contributed by atoms with Crippen molar-refractivity contribution < 1.29 is 19.4 Å². The maximum absolute atomic E-state index is 12.1. The smallest absolute Gasteiger partial charge is 0.345 e. The Morgan fingerprint density at radius 3 is 2.67 bits per heavy atom. The average Bonchev–Trinajstić information content (AvgIpc) is 3.25. The van der Waals surface area contributed by atoms with E-state index in [1.165, 1.54) is 25.1 Å². The Morgan fingerprint density at radius 2 is 2.04 bits per heavy atom. The molecule has 0 radical (unpaired) electrons. The molecule has 2 aromatic heterocycles. The maximum Gasteiger partial charge on any atom is 0.345 e. The molecule has 2 aromatic rings. The molecule has 0 spiro atoms. The summed E-state index contributed by atoms with van der Waals surface area (Å²) < 4.78 is 5.77. The quantitative estimate of drug-likeness (QED) is 0.839. The molecule has 0 unspecified atom stereocenters. The Balaban J connectivity index is 1.53. The van der Waals surface area contributed by atoms with E-state index in [0.29, 0.717) is 11.4 Å². The average molecular weight is 346 g/mol. The standard InChI is InChI=1S/C17H18N2O4S/c20-16(19-10-13-6-7-14(24-13)17(21)22)11-5-8-15(18-9-11)23-12-3-1-2-4-12/h5-9,12H,1-4,10H2,(H,19,20)(H,21,22). The highest BCUT2D eigenvalue weighted by Gasteiger charge is 2.17. The van der Waals surface area contributed by atoms with Gasteiger partial charge in [0.25, 0.3) is 5.91 Å². The van der Waals surface area contributed by atoms with Gasteiger partial charge in [-0.05, 0) is 43.9 Å². The van der Waals surface area contributed by atoms with Crippen LogP contribution in [0, 0.1) is 0 Å². The van der Waals surface area contributed by atoms with Gasteiger partial charge in [0.2, 0.25) is 5.88 Å². The van der Waals surface area contributed by atoms with Crippen molar-refractivity contribution in [1.29, 1.82) is 0 Å². The largest absolute Gasteiger partial charge is 0.477 e. The summed E-state index contributed by atoms with van der Waals surface area (Å²) in [6, 6.07) is 6.63. The number of carboxylic acids is 1. The number of hydrogen-bond acceptors (Lipinski definition) is 5. The van der Waals surface area contributed by atoms with Crippen LogP contribution in [0.1, 0.15) is 50.6 Å². The van der Waals surface area contributed by atoms with E-state index in [4.69, 9.17) is 9.84 Å². The molecule has 1 fully saturated rings. The topological polar surface area (TPSA) is 88.5 Å². The van der Waals surface area contributed by atoms with E-state index in [-0.39, 0.29) is 23.4 Å². The number of thiophene rings is 1. The first-order chi connectivity index (χ1) is 11.6. The minimum Gasteiger partial charge on any atom is -0.477 e. The van der Waals surface area contributed by atoms with Crippen LogP contribution in [-0.4, -0.2) is 28.1 Å². The summed E-state index contributed by atoms with van der Waals surface area (Å²) in [4.78, 5) is 28.2. The third-order valence-corrected chi connectivity index (χ3v) is 4.96. The molecule has 1 aliphatic carbocycles. The van der Waals surface area contributed by atoms with Gasteiger partial charge in [0.05, 0.1) is 12.1 Å². The zero-order chi connectivity index (χ0) is 16.9. The van der Waals surface area contributed by atoms with E-state index in [1.807, 2.05) is 0 Å². The first-order valence-corrected chi connectivity index (χ1v) is 8.66. The molecule has 0 bridgehead atoms. The lowest BCUT2D eigenvalue weighted by Crippen LogP contribution is -2.22. The van der Waals surface area contributed by atoms with Crippen molar-refractivity contribution in [1.82, 2.24) is 10.3 Å². The number of carbonyl (C=O) groups excluding carboxylic acids is 1. The van der Waals surface area contributed by atoms with Crippen LogP contribution in [0.4, 0.5) is 0 Å². The van der Waals surface area contributed by atoms with Gasteiger partial charge < -0.3 is 15.2 Å². The molecule has 24 heavy (non-hydrogen) atoms. The van der Waals surface area contributed by atoms with Crippen molar-refractivity contribution in [2.75, 3.05) is 0 Å². The molecular formula is C17H18N2O4S. The predicted molar refractivity (Wildman–Crippen MR) is 89.6 cm³/mol. The molecule has 7 heteroatoms. The number of carbonyl (C=O) groups is 2. The SMILES string of the molecule is O=C(NCc1ccc(C(=O)O)s1)c1ccc(OC2CCCC2)nc1. The molecule has 0 atom stereocenters. The number of aromatic nitrogens is 1. The molecule has 3 rings (SSSR count). The number of pyridine rings is 1. The molecular weight excluding hydrogens is 328 g/mol. The number of carboxylic acid groups (broad SMARTS) is 1. The van der Waals surface area contributed by atoms with Crippen LogP contribution in [0.25, 0.3) is 0 Å². The lowest BCUT2D eigenvalue weighted by molar-refractivity contribution is 0.0702. The number of aromatic carboxylic acids is 1. The summed E-state index contributed by atoms with van der Waals surface area (Å²) in [6.45, 7) is 0.289. The van der Waals surface area contributed by atoms with Crippen LogP contribution in [-0.2, 0) is 6.54 Å². The second-order valence-electron chi connectivity index (χ2n) is 5.66. The van der Waals surface area contributed by atoms with Gasteiger partial charge in [-0.1, -0.05) is 0 Å². The summed E-state index contributed by atoms with van der Waals surface area (Å²) in [5.74, 6) is -0.664. The summed E-state index contributed by atoms with van der Waals surface area (Å²) in [5, 5.41) is 11.6. The highest BCUT2D eigenvalue weighted by molar-refractivity contribution is 7.13. The lowest BCUT2D eigenvalue weighted by atomic mass is 10.2. The fourth-order valence-corrected chi connectivity index (χ4v) is 3.40. The summed E-state index contributed by atoms with van der Waals surface area (Å²) in [6.07, 6.45) is 6.23. The van der Waals surface area contributed by atoms with Gasteiger partial charge in [-0.25, -0.2) is 9.78 Å². The Morgan fingerprint density at radius 1 is 1.25 bits per heavy atom. The Kier molecular flexibility index (Phi) is 5.10. The molecule has 1 amide bonds. The van der Waals surface area contributed by atoms with Crippen molar-refractivity contribution in [2.45, 2.75) is 38.3 Å². The Bertz CT molecular complexity index is 720. The number of hydrogen-bond donors (Lipinski definition) is 2. The monoisotopic (exact) mass is 346 g/mol. The van der Waals surface area contributed by atoms with Gasteiger partial charge in [0.15, 0.2) is 0 Å². The molecule has 0 saturated heterocycles. The molecule has 0 aromatic carbocycles. The third kappa shape index (κ3) is 4.11. The maximum atomic E-state index is 12.1. The van der Waals surface area contributed by atoms with Gasteiger partial charge in [-0.15, -0.1) is 11.3 Å². The highest BCUT2D eigenvalue weighted by Crippen LogP contribution is 2.23. The minimum atomic E-state index is -0.959. The molecule has 2 heterocycles. The number of ether oxygens (including phenoxy) is 1. The second-order valence-corrected chi connectivity index (χ2v) is 6.83. The van der Waals surface area contributed by atoms with Gasteiger partial charge in [-0.3, -0.25) is 4.79 Å². The second kappa shape index (κ2) is 7.44. The Hall–Kier alpha value is -2.41. The third-order valence-electron chi connectivity index (χ3n) is 3.88. The number of nitrogens with one attached hydrogen (secondary N) is 1. The Labute approximate surface area is 143 Å². The summed E-state index contributed by atoms with van der Waals surface area (Å²) in [7, 11) is 0. The first kappa shape index (κ1) is 16.4. The van der Waals surface area contributed by atoms with Crippen LogP contribution in [0.5, 0.6) is 5.88 Å². The normalized spacial score (nSPS) is 14.5. The predicted octanol–water partition coefficient (Wildman–Crippen LogP) is 3.09. The fraction of sp³-hybridized carbons (Fsp3) is 0.353. The zero-order valence-electron chi connectivity index (χ0n) is 13.0. The zero-order valence-corrected chi connectivity index (χ0v) is 13.8. The van der Waals surface area contributed by atoms with E-state index in [0.717, 1.165) is 29.1 Å².